The summed E-state index contributed by atoms with van der Waals surface area (Å²) < 4.78 is 35.1. The maximum atomic E-state index is 12.3. The Balaban J connectivity index is 1.95. The van der Waals surface area contributed by atoms with Crippen LogP contribution < -0.4 is 14.8 Å². The number of carbonyl (C=O) groups is 1. The number of sulfonamides is 1. The number of amides is 1. The van der Waals surface area contributed by atoms with Gasteiger partial charge < -0.3 is 14.8 Å². The average molecular weight is 356 g/mol. The number of rotatable bonds is 6. The quantitative estimate of drug-likeness (QED) is 0.822. The summed E-state index contributed by atoms with van der Waals surface area (Å²) in [4.78, 5) is 12.3. The Morgan fingerprint density at radius 2 is 2.00 bits per heavy atom. The first-order valence-electron chi connectivity index (χ1n) is 7.79. The minimum absolute atomic E-state index is 0.127. The number of carbonyl (C=O) groups excluding carboxylic acids is 1. The molecule has 1 atom stereocenters. The van der Waals surface area contributed by atoms with Gasteiger partial charge >= 0.3 is 0 Å². The molecule has 0 saturated carbocycles. The number of hydrogen-bond donors (Lipinski definition) is 1. The van der Waals surface area contributed by atoms with Crippen molar-refractivity contribution in [2.45, 2.75) is 19.4 Å². The van der Waals surface area contributed by atoms with Gasteiger partial charge in [-0.05, 0) is 30.5 Å². The fourth-order valence-electron chi connectivity index (χ4n) is 2.78. The van der Waals surface area contributed by atoms with Crippen molar-refractivity contribution in [1.82, 2.24) is 9.62 Å². The first-order chi connectivity index (χ1) is 11.3. The summed E-state index contributed by atoms with van der Waals surface area (Å²) in [6.45, 7) is 1.09. The molecule has 0 radical (unpaired) electrons. The molecule has 7 nitrogen and oxygen atoms in total. The lowest BCUT2D eigenvalue weighted by molar-refractivity contribution is -0.126. The SMILES string of the molecule is COc1ccc(CNC(=O)[C@@H]2CCCN(S(C)(=O)=O)C2)cc1OC. The largest absolute Gasteiger partial charge is 0.493 e. The lowest BCUT2D eigenvalue weighted by Crippen LogP contribution is -2.44. The molecule has 0 bridgehead atoms. The standard InChI is InChI=1S/C16H24N2O5S/c1-22-14-7-6-12(9-15(14)23-2)10-17-16(19)13-5-4-8-18(11-13)24(3,20)21/h6-7,9,13H,4-5,8,10-11H2,1-3H3,(H,17,19)/t13-/m1/s1. The van der Waals surface area contributed by atoms with E-state index in [0.29, 0.717) is 37.4 Å². The third kappa shape index (κ3) is 4.61. The zero-order valence-corrected chi connectivity index (χ0v) is 15.1. The number of nitrogens with one attached hydrogen (secondary N) is 1. The van der Waals surface area contributed by atoms with Gasteiger partial charge in [-0.2, -0.15) is 0 Å². The summed E-state index contributed by atoms with van der Waals surface area (Å²) in [6.07, 6.45) is 2.57. The van der Waals surface area contributed by atoms with Crippen molar-refractivity contribution in [3.05, 3.63) is 23.8 Å². The van der Waals surface area contributed by atoms with Crippen LogP contribution in [0, 0.1) is 5.92 Å². The van der Waals surface area contributed by atoms with E-state index in [1.807, 2.05) is 12.1 Å². The van der Waals surface area contributed by atoms with Crippen molar-refractivity contribution in [3.8, 4) is 11.5 Å². The molecule has 2 rings (SSSR count). The zero-order chi connectivity index (χ0) is 17.7. The molecule has 0 unspecified atom stereocenters. The minimum Gasteiger partial charge on any atom is -0.493 e. The van der Waals surface area contributed by atoms with Gasteiger partial charge in [-0.3, -0.25) is 4.79 Å². The summed E-state index contributed by atoms with van der Waals surface area (Å²) in [5.41, 5.74) is 0.886. The number of nitrogens with zero attached hydrogens (tertiary/aromatic N) is 1. The van der Waals surface area contributed by atoms with Gasteiger partial charge in [0.2, 0.25) is 15.9 Å². The van der Waals surface area contributed by atoms with E-state index in [4.69, 9.17) is 9.47 Å². The van der Waals surface area contributed by atoms with Gasteiger partial charge in [0.05, 0.1) is 26.4 Å². The molecule has 134 valence electrons. The molecule has 0 aromatic heterocycles. The van der Waals surface area contributed by atoms with Crippen LogP contribution >= 0.6 is 0 Å². The fourth-order valence-corrected chi connectivity index (χ4v) is 3.69. The summed E-state index contributed by atoms with van der Waals surface area (Å²) in [5.74, 6) is 0.792. The Morgan fingerprint density at radius 3 is 2.62 bits per heavy atom. The molecule has 1 heterocycles. The molecular formula is C16H24N2O5S. The number of ether oxygens (including phenoxy) is 2. The van der Waals surface area contributed by atoms with Crippen LogP contribution in [0.4, 0.5) is 0 Å². The van der Waals surface area contributed by atoms with E-state index >= 15 is 0 Å². The Bertz CT molecular complexity index is 690. The molecule has 8 heteroatoms. The number of methoxy groups -OCH3 is 2. The topological polar surface area (TPSA) is 84.9 Å². The molecule has 1 amide bonds. The second-order valence-corrected chi connectivity index (χ2v) is 7.85. The van der Waals surface area contributed by atoms with Crippen LogP contribution in [-0.2, 0) is 21.4 Å². The Hall–Kier alpha value is -1.80. The Kier molecular flexibility index (Phi) is 6.06. The van der Waals surface area contributed by atoms with E-state index in [1.165, 1.54) is 10.6 Å². The molecule has 24 heavy (non-hydrogen) atoms. The third-order valence-electron chi connectivity index (χ3n) is 4.14. The average Bonchev–Trinajstić information content (AvgIpc) is 2.58. The summed E-state index contributed by atoms with van der Waals surface area (Å²) in [6, 6.07) is 5.44. The highest BCUT2D eigenvalue weighted by molar-refractivity contribution is 7.88. The highest BCUT2D eigenvalue weighted by Gasteiger charge is 2.29. The zero-order valence-electron chi connectivity index (χ0n) is 14.2. The number of benzene rings is 1. The van der Waals surface area contributed by atoms with E-state index < -0.39 is 10.0 Å². The smallest absolute Gasteiger partial charge is 0.224 e. The molecular weight excluding hydrogens is 332 g/mol. The van der Waals surface area contributed by atoms with E-state index in [0.717, 1.165) is 5.56 Å². The van der Waals surface area contributed by atoms with Crippen molar-refractivity contribution >= 4 is 15.9 Å². The molecule has 1 aromatic rings. The van der Waals surface area contributed by atoms with Gasteiger partial charge in [-0.1, -0.05) is 6.07 Å². The molecule has 1 aromatic carbocycles. The second-order valence-electron chi connectivity index (χ2n) is 5.87. The summed E-state index contributed by atoms with van der Waals surface area (Å²) in [7, 11) is -0.130. The molecule has 1 saturated heterocycles. The first kappa shape index (κ1) is 18.5. The van der Waals surface area contributed by atoms with Crippen LogP contribution in [0.25, 0.3) is 0 Å². The number of piperidine rings is 1. The van der Waals surface area contributed by atoms with Gasteiger partial charge in [0.15, 0.2) is 11.5 Å². The van der Waals surface area contributed by atoms with Crippen LogP contribution in [0.15, 0.2) is 18.2 Å². The van der Waals surface area contributed by atoms with E-state index in [1.54, 1.807) is 20.3 Å². The van der Waals surface area contributed by atoms with Crippen molar-refractivity contribution in [1.29, 1.82) is 0 Å². The molecule has 0 spiro atoms. The lowest BCUT2D eigenvalue weighted by atomic mass is 9.98. The third-order valence-corrected chi connectivity index (χ3v) is 5.41. The lowest BCUT2D eigenvalue weighted by Gasteiger charge is -2.30. The monoisotopic (exact) mass is 356 g/mol. The van der Waals surface area contributed by atoms with E-state index in [-0.39, 0.29) is 18.4 Å². The molecule has 0 aliphatic carbocycles. The van der Waals surface area contributed by atoms with E-state index in [2.05, 4.69) is 5.32 Å². The van der Waals surface area contributed by atoms with Crippen molar-refractivity contribution in [2.24, 2.45) is 5.92 Å². The molecule has 1 fully saturated rings. The van der Waals surface area contributed by atoms with Crippen molar-refractivity contribution < 1.29 is 22.7 Å². The minimum atomic E-state index is -3.25. The van der Waals surface area contributed by atoms with Gasteiger partial charge in [0.1, 0.15) is 0 Å². The number of hydrogen-bond acceptors (Lipinski definition) is 5. The van der Waals surface area contributed by atoms with Gasteiger partial charge in [0.25, 0.3) is 0 Å². The predicted octanol–water partition coefficient (Wildman–Crippen LogP) is 0.992. The molecule has 1 N–H and O–H groups in total. The van der Waals surface area contributed by atoms with Crippen molar-refractivity contribution in [2.75, 3.05) is 33.6 Å². The maximum Gasteiger partial charge on any atom is 0.224 e. The van der Waals surface area contributed by atoms with Crippen LogP contribution in [0.1, 0.15) is 18.4 Å². The van der Waals surface area contributed by atoms with Gasteiger partial charge in [-0.25, -0.2) is 12.7 Å². The van der Waals surface area contributed by atoms with Crippen LogP contribution in [0.5, 0.6) is 11.5 Å². The highest BCUT2D eigenvalue weighted by Crippen LogP contribution is 2.27. The van der Waals surface area contributed by atoms with Gasteiger partial charge in [-0.15, -0.1) is 0 Å². The van der Waals surface area contributed by atoms with E-state index in [9.17, 15) is 13.2 Å². The molecule has 1 aliphatic rings. The van der Waals surface area contributed by atoms with Crippen molar-refractivity contribution in [3.63, 3.8) is 0 Å². The predicted molar refractivity (Wildman–Crippen MR) is 90.5 cm³/mol. The highest BCUT2D eigenvalue weighted by atomic mass is 32.2. The summed E-state index contributed by atoms with van der Waals surface area (Å²) >= 11 is 0. The first-order valence-corrected chi connectivity index (χ1v) is 9.63. The van der Waals surface area contributed by atoms with Crippen LogP contribution in [-0.4, -0.2) is 52.2 Å². The Morgan fingerprint density at radius 1 is 1.29 bits per heavy atom. The maximum absolute atomic E-state index is 12.3. The fraction of sp³-hybridized carbons (Fsp3) is 0.562. The van der Waals surface area contributed by atoms with Crippen LogP contribution in [0.3, 0.4) is 0 Å². The second kappa shape index (κ2) is 7.85. The normalized spacial score (nSPS) is 18.9. The van der Waals surface area contributed by atoms with Gasteiger partial charge in [0, 0.05) is 19.6 Å². The Labute approximate surface area is 143 Å². The summed E-state index contributed by atoms with van der Waals surface area (Å²) in [5, 5.41) is 2.87. The van der Waals surface area contributed by atoms with Crippen LogP contribution in [0.2, 0.25) is 0 Å². The molecule has 1 aliphatic heterocycles.